The maximum atomic E-state index is 9.08. The second-order valence-corrected chi connectivity index (χ2v) is 2.59. The van der Waals surface area contributed by atoms with E-state index in [0.717, 1.165) is 0 Å². The third kappa shape index (κ3) is 1.29. The van der Waals surface area contributed by atoms with E-state index in [2.05, 4.69) is 0 Å². The van der Waals surface area contributed by atoms with Gasteiger partial charge in [0.1, 0.15) is 18.3 Å². The van der Waals surface area contributed by atoms with E-state index in [0.29, 0.717) is 0 Å². The van der Waals surface area contributed by atoms with Gasteiger partial charge in [0.05, 0.1) is 12.7 Å². The highest BCUT2D eigenvalue weighted by Crippen LogP contribution is 2.14. The summed E-state index contributed by atoms with van der Waals surface area (Å²) in [5.74, 6) is 0. The average molecular weight is 148 g/mol. The quantitative estimate of drug-likeness (QED) is 0.390. The third-order valence-electron chi connectivity index (χ3n) is 1.75. The van der Waals surface area contributed by atoms with Gasteiger partial charge < -0.3 is 20.1 Å². The smallest absolute Gasteiger partial charge is 0.110 e. The molecular weight excluding hydrogens is 136 g/mol. The van der Waals surface area contributed by atoms with E-state index < -0.39 is 24.4 Å². The summed E-state index contributed by atoms with van der Waals surface area (Å²) in [5, 5.41) is 27.0. The van der Waals surface area contributed by atoms with Crippen LogP contribution in [-0.4, -0.2) is 46.3 Å². The van der Waals surface area contributed by atoms with Gasteiger partial charge in [-0.15, -0.1) is 0 Å². The molecule has 1 saturated heterocycles. The minimum Gasteiger partial charge on any atom is -0.388 e. The van der Waals surface area contributed by atoms with E-state index in [1.165, 1.54) is 0 Å². The molecule has 0 aliphatic carbocycles. The standard InChI is InChI=1S/C6H12O4/c1-3-5(8)6(9)4(7)2-10-3/h3-9H,2H2,1H3/t3-,4+,5-,6-/m0/s1. The molecule has 4 nitrogen and oxygen atoms in total. The summed E-state index contributed by atoms with van der Waals surface area (Å²) >= 11 is 0. The molecule has 1 aliphatic rings. The van der Waals surface area contributed by atoms with Crippen molar-refractivity contribution in [3.63, 3.8) is 0 Å². The molecule has 3 N–H and O–H groups in total. The Bertz CT molecular complexity index is 102. The Hall–Kier alpha value is -0.160. The zero-order chi connectivity index (χ0) is 7.72. The number of hydrogen-bond donors (Lipinski definition) is 3. The normalized spacial score (nSPS) is 49.2. The van der Waals surface area contributed by atoms with Crippen molar-refractivity contribution in [1.82, 2.24) is 0 Å². The summed E-state index contributed by atoms with van der Waals surface area (Å²) < 4.78 is 4.91. The Morgan fingerprint density at radius 2 is 1.80 bits per heavy atom. The minimum absolute atomic E-state index is 0.0966. The van der Waals surface area contributed by atoms with Crippen molar-refractivity contribution in [2.75, 3.05) is 6.61 Å². The van der Waals surface area contributed by atoms with Gasteiger partial charge in [-0.2, -0.15) is 0 Å². The Labute approximate surface area is 59.1 Å². The van der Waals surface area contributed by atoms with Crippen LogP contribution in [0.1, 0.15) is 6.92 Å². The molecule has 0 spiro atoms. The van der Waals surface area contributed by atoms with Crippen LogP contribution in [0, 0.1) is 0 Å². The Morgan fingerprint density at radius 3 is 2.30 bits per heavy atom. The molecule has 0 saturated carbocycles. The van der Waals surface area contributed by atoms with Crippen molar-refractivity contribution in [2.45, 2.75) is 31.3 Å². The molecule has 0 radical (unpaired) electrons. The van der Waals surface area contributed by atoms with Gasteiger partial charge in [-0.1, -0.05) is 0 Å². The lowest BCUT2D eigenvalue weighted by Gasteiger charge is -2.33. The molecule has 60 valence electrons. The zero-order valence-corrected chi connectivity index (χ0v) is 5.77. The maximum Gasteiger partial charge on any atom is 0.110 e. The lowest BCUT2D eigenvalue weighted by Crippen LogP contribution is -2.51. The Balaban J connectivity index is 2.52. The molecule has 1 rings (SSSR count). The highest BCUT2D eigenvalue weighted by atomic mass is 16.5. The van der Waals surface area contributed by atoms with Crippen LogP contribution in [0.5, 0.6) is 0 Å². The lowest BCUT2D eigenvalue weighted by atomic mass is 10.0. The fourth-order valence-corrected chi connectivity index (χ4v) is 0.953. The predicted octanol–water partition coefficient (Wildman–Crippen LogP) is -1.51. The highest BCUT2D eigenvalue weighted by Gasteiger charge is 2.34. The van der Waals surface area contributed by atoms with Crippen molar-refractivity contribution in [3.05, 3.63) is 0 Å². The van der Waals surface area contributed by atoms with Crippen molar-refractivity contribution in [2.24, 2.45) is 0 Å². The van der Waals surface area contributed by atoms with Crippen LogP contribution in [0.4, 0.5) is 0 Å². The number of aliphatic hydroxyl groups is 3. The summed E-state index contributed by atoms with van der Waals surface area (Å²) in [7, 11) is 0. The number of ether oxygens (including phenoxy) is 1. The van der Waals surface area contributed by atoms with Crippen LogP contribution in [0.3, 0.4) is 0 Å². The monoisotopic (exact) mass is 148 g/mol. The molecule has 1 aliphatic heterocycles. The predicted molar refractivity (Wildman–Crippen MR) is 33.4 cm³/mol. The molecule has 0 aromatic rings. The molecular formula is C6H12O4. The molecule has 0 unspecified atom stereocenters. The minimum atomic E-state index is -1.07. The summed E-state index contributed by atoms with van der Waals surface area (Å²) in [6.45, 7) is 1.75. The van der Waals surface area contributed by atoms with Gasteiger partial charge >= 0.3 is 0 Å². The second-order valence-electron chi connectivity index (χ2n) is 2.59. The first kappa shape index (κ1) is 7.94. The highest BCUT2D eigenvalue weighted by molar-refractivity contribution is 4.83. The first-order valence-corrected chi connectivity index (χ1v) is 3.28. The molecule has 1 heterocycles. The van der Waals surface area contributed by atoms with E-state index in [1.807, 2.05) is 0 Å². The van der Waals surface area contributed by atoms with E-state index >= 15 is 0 Å². The van der Waals surface area contributed by atoms with Crippen LogP contribution in [0.25, 0.3) is 0 Å². The maximum absolute atomic E-state index is 9.08. The van der Waals surface area contributed by atoms with Crippen LogP contribution in [-0.2, 0) is 4.74 Å². The van der Waals surface area contributed by atoms with Crippen molar-refractivity contribution in [1.29, 1.82) is 0 Å². The third-order valence-corrected chi connectivity index (χ3v) is 1.75. The first-order chi connectivity index (χ1) is 4.63. The fraction of sp³-hybridized carbons (Fsp3) is 1.00. The van der Waals surface area contributed by atoms with E-state index in [9.17, 15) is 0 Å². The van der Waals surface area contributed by atoms with Gasteiger partial charge in [-0.3, -0.25) is 0 Å². The zero-order valence-electron chi connectivity index (χ0n) is 5.77. The van der Waals surface area contributed by atoms with Gasteiger partial charge in [-0.25, -0.2) is 0 Å². The Morgan fingerprint density at radius 1 is 1.20 bits per heavy atom. The molecule has 4 atom stereocenters. The van der Waals surface area contributed by atoms with Crippen molar-refractivity contribution in [3.8, 4) is 0 Å². The number of rotatable bonds is 0. The molecule has 4 heteroatoms. The fourth-order valence-electron chi connectivity index (χ4n) is 0.953. The Kier molecular flexibility index (Phi) is 2.25. The summed E-state index contributed by atoms with van der Waals surface area (Å²) in [5.41, 5.74) is 0. The van der Waals surface area contributed by atoms with E-state index in [-0.39, 0.29) is 6.61 Å². The molecule has 0 bridgehead atoms. The average Bonchev–Trinajstić information content (AvgIpc) is 1.93. The van der Waals surface area contributed by atoms with Crippen LogP contribution in [0.2, 0.25) is 0 Å². The summed E-state index contributed by atoms with van der Waals surface area (Å²) in [6.07, 6.45) is -3.38. The molecule has 1 fully saturated rings. The summed E-state index contributed by atoms with van der Waals surface area (Å²) in [4.78, 5) is 0. The van der Waals surface area contributed by atoms with Gasteiger partial charge in [0.25, 0.3) is 0 Å². The lowest BCUT2D eigenvalue weighted by molar-refractivity contribution is -0.181. The topological polar surface area (TPSA) is 69.9 Å². The van der Waals surface area contributed by atoms with E-state index in [4.69, 9.17) is 20.1 Å². The van der Waals surface area contributed by atoms with Crippen molar-refractivity contribution >= 4 is 0 Å². The second kappa shape index (κ2) is 2.84. The van der Waals surface area contributed by atoms with Gasteiger partial charge in [0, 0.05) is 0 Å². The van der Waals surface area contributed by atoms with Gasteiger partial charge in [0.2, 0.25) is 0 Å². The molecule has 10 heavy (non-hydrogen) atoms. The van der Waals surface area contributed by atoms with Gasteiger partial charge in [0.15, 0.2) is 0 Å². The number of hydrogen-bond acceptors (Lipinski definition) is 4. The van der Waals surface area contributed by atoms with Crippen molar-refractivity contribution < 1.29 is 20.1 Å². The number of aliphatic hydroxyl groups excluding tert-OH is 3. The summed E-state index contributed by atoms with van der Waals surface area (Å²) in [6, 6.07) is 0. The SMILES string of the molecule is C[C@@H]1OC[C@@H](O)[C@H](O)[C@H]1O. The molecule has 0 aromatic heterocycles. The van der Waals surface area contributed by atoms with Gasteiger partial charge in [-0.05, 0) is 6.92 Å². The van der Waals surface area contributed by atoms with E-state index in [1.54, 1.807) is 6.92 Å². The first-order valence-electron chi connectivity index (χ1n) is 3.28. The van der Waals surface area contributed by atoms with Crippen LogP contribution < -0.4 is 0 Å². The largest absolute Gasteiger partial charge is 0.388 e. The molecule has 0 amide bonds. The molecule has 0 aromatic carbocycles. The van der Waals surface area contributed by atoms with Crippen LogP contribution in [0.15, 0.2) is 0 Å². The van der Waals surface area contributed by atoms with Crippen LogP contribution >= 0.6 is 0 Å².